The number of fused-ring (bicyclic) bond motifs is 1. The lowest BCUT2D eigenvalue weighted by Gasteiger charge is -2.25. The molecule has 2 nitrogen and oxygen atoms in total. The average molecular weight is 245 g/mol. The van der Waals surface area contributed by atoms with Crippen molar-refractivity contribution in [1.82, 2.24) is 4.57 Å². The molecule has 86 valence electrons. The van der Waals surface area contributed by atoms with E-state index in [1.165, 1.54) is 5.56 Å². The maximum Gasteiger partial charge on any atom is 0.0618 e. The van der Waals surface area contributed by atoms with E-state index >= 15 is 0 Å². The third-order valence-electron chi connectivity index (χ3n) is 3.35. The predicted molar refractivity (Wildman–Crippen MR) is 70.1 cm³/mol. The summed E-state index contributed by atoms with van der Waals surface area (Å²) in [6.45, 7) is 0.951. The number of halogens is 1. The maximum atomic E-state index is 8.06. The summed E-state index contributed by atoms with van der Waals surface area (Å²) >= 11 is 5.90. The van der Waals surface area contributed by atoms with Crippen LogP contribution < -0.4 is 0 Å². The third-order valence-corrected chi connectivity index (χ3v) is 3.60. The monoisotopic (exact) mass is 244 g/mol. The van der Waals surface area contributed by atoms with E-state index in [1.807, 2.05) is 30.5 Å². The van der Waals surface area contributed by atoms with Crippen molar-refractivity contribution in [3.8, 4) is 0 Å². The fraction of sp³-hybridized carbons (Fsp3) is 0.214. The zero-order valence-electron chi connectivity index (χ0n) is 9.36. The Bertz CT molecular complexity index is 554. The maximum absolute atomic E-state index is 8.06. The lowest BCUT2D eigenvalue weighted by Crippen LogP contribution is -2.23. The van der Waals surface area contributed by atoms with Crippen molar-refractivity contribution < 1.29 is 0 Å². The first-order valence-electron chi connectivity index (χ1n) is 5.72. The van der Waals surface area contributed by atoms with Crippen LogP contribution in [0.5, 0.6) is 0 Å². The Morgan fingerprint density at radius 1 is 1.18 bits per heavy atom. The van der Waals surface area contributed by atoms with Gasteiger partial charge in [0.2, 0.25) is 0 Å². The average Bonchev–Trinajstić information content (AvgIpc) is 2.78. The first-order valence-corrected chi connectivity index (χ1v) is 6.10. The van der Waals surface area contributed by atoms with Gasteiger partial charge in [-0.25, -0.2) is 0 Å². The van der Waals surface area contributed by atoms with Gasteiger partial charge in [0.15, 0.2) is 0 Å². The minimum atomic E-state index is 0.389. The fourth-order valence-corrected chi connectivity index (χ4v) is 2.58. The van der Waals surface area contributed by atoms with E-state index in [1.54, 1.807) is 0 Å². The van der Waals surface area contributed by atoms with Crippen LogP contribution in [0.15, 0.2) is 42.6 Å². The highest BCUT2D eigenvalue weighted by atomic mass is 35.5. The molecule has 3 heteroatoms. The summed E-state index contributed by atoms with van der Waals surface area (Å²) in [6, 6.07) is 12.0. The van der Waals surface area contributed by atoms with Gasteiger partial charge < -0.3 is 9.98 Å². The summed E-state index contributed by atoms with van der Waals surface area (Å²) in [5.41, 5.74) is 3.04. The Labute approximate surface area is 105 Å². The van der Waals surface area contributed by atoms with Crippen LogP contribution in [-0.2, 0) is 6.54 Å². The Kier molecular flexibility index (Phi) is 2.52. The Morgan fingerprint density at radius 3 is 2.71 bits per heavy atom. The normalized spacial score (nSPS) is 19.1. The molecule has 1 aliphatic heterocycles. The van der Waals surface area contributed by atoms with Crippen LogP contribution in [0.1, 0.15) is 23.6 Å². The van der Waals surface area contributed by atoms with Crippen molar-refractivity contribution in [2.45, 2.75) is 18.9 Å². The van der Waals surface area contributed by atoms with Gasteiger partial charge in [0, 0.05) is 23.7 Å². The molecule has 0 bridgehead atoms. The van der Waals surface area contributed by atoms with Crippen LogP contribution in [-0.4, -0.2) is 10.3 Å². The van der Waals surface area contributed by atoms with Gasteiger partial charge >= 0.3 is 0 Å². The number of aromatic nitrogens is 1. The Hall–Kier alpha value is -1.54. The molecule has 1 aromatic carbocycles. The molecule has 1 aliphatic rings. The molecule has 1 unspecified atom stereocenters. The van der Waals surface area contributed by atoms with Crippen LogP contribution >= 0.6 is 11.6 Å². The number of hydrogen-bond acceptors (Lipinski definition) is 1. The van der Waals surface area contributed by atoms with Gasteiger partial charge in [0.1, 0.15) is 0 Å². The fourth-order valence-electron chi connectivity index (χ4n) is 2.46. The molecular weight excluding hydrogens is 232 g/mol. The van der Waals surface area contributed by atoms with Crippen molar-refractivity contribution in [3.63, 3.8) is 0 Å². The minimum absolute atomic E-state index is 0.389. The molecule has 3 rings (SSSR count). The summed E-state index contributed by atoms with van der Waals surface area (Å²) in [5.74, 6) is 0.389. The van der Waals surface area contributed by atoms with Gasteiger partial charge in [-0.2, -0.15) is 0 Å². The van der Waals surface area contributed by atoms with Crippen LogP contribution in [0.3, 0.4) is 0 Å². The molecule has 0 amide bonds. The zero-order chi connectivity index (χ0) is 11.8. The number of rotatable bonds is 1. The van der Waals surface area contributed by atoms with E-state index in [0.29, 0.717) is 5.92 Å². The lowest BCUT2D eigenvalue weighted by atomic mass is 9.90. The largest absolute Gasteiger partial charge is 0.346 e. The van der Waals surface area contributed by atoms with E-state index in [-0.39, 0.29) is 0 Å². The Morgan fingerprint density at radius 2 is 1.94 bits per heavy atom. The van der Waals surface area contributed by atoms with E-state index < -0.39 is 0 Å². The second kappa shape index (κ2) is 4.04. The zero-order valence-corrected chi connectivity index (χ0v) is 10.1. The number of hydrogen-bond donors (Lipinski definition) is 1. The molecule has 17 heavy (non-hydrogen) atoms. The molecule has 1 atom stereocenters. The van der Waals surface area contributed by atoms with Gasteiger partial charge in [-0.15, -0.1) is 0 Å². The van der Waals surface area contributed by atoms with Gasteiger partial charge in [0.25, 0.3) is 0 Å². The Balaban J connectivity index is 1.93. The van der Waals surface area contributed by atoms with Crippen molar-refractivity contribution in [2.75, 3.05) is 0 Å². The molecule has 0 saturated carbocycles. The number of nitrogens with zero attached hydrogens (tertiary/aromatic N) is 1. The smallest absolute Gasteiger partial charge is 0.0618 e. The molecule has 0 fully saturated rings. The topological polar surface area (TPSA) is 28.8 Å². The second-order valence-corrected chi connectivity index (χ2v) is 4.91. The van der Waals surface area contributed by atoms with Crippen molar-refractivity contribution >= 4 is 17.3 Å². The minimum Gasteiger partial charge on any atom is -0.346 e. The van der Waals surface area contributed by atoms with Gasteiger partial charge in [-0.3, -0.25) is 0 Å². The van der Waals surface area contributed by atoms with E-state index in [4.69, 9.17) is 17.0 Å². The highest BCUT2D eigenvalue weighted by Gasteiger charge is 2.22. The molecule has 0 saturated heterocycles. The molecule has 0 radical (unpaired) electrons. The molecule has 0 aliphatic carbocycles. The van der Waals surface area contributed by atoms with E-state index in [0.717, 1.165) is 29.4 Å². The summed E-state index contributed by atoms with van der Waals surface area (Å²) in [7, 11) is 0. The standard InChI is InChI=1S/C14H13ClN2/c15-12-5-3-10(4-6-12)11-8-13(16)14-2-1-7-17(14)9-11/h1-7,11,16H,8-9H2. The highest BCUT2D eigenvalue weighted by molar-refractivity contribution is 6.30. The van der Waals surface area contributed by atoms with Crippen molar-refractivity contribution in [2.24, 2.45) is 0 Å². The lowest BCUT2D eigenvalue weighted by molar-refractivity contribution is 0.549. The van der Waals surface area contributed by atoms with Crippen LogP contribution in [0.25, 0.3) is 0 Å². The van der Waals surface area contributed by atoms with Crippen LogP contribution in [0.4, 0.5) is 0 Å². The molecule has 1 aromatic heterocycles. The van der Waals surface area contributed by atoms with E-state index in [9.17, 15) is 0 Å². The summed E-state index contributed by atoms with van der Waals surface area (Å²) in [4.78, 5) is 0. The van der Waals surface area contributed by atoms with Crippen LogP contribution in [0.2, 0.25) is 5.02 Å². The summed E-state index contributed by atoms with van der Waals surface area (Å²) in [5, 5.41) is 8.83. The van der Waals surface area contributed by atoms with E-state index in [2.05, 4.69) is 16.7 Å². The third kappa shape index (κ3) is 1.89. The second-order valence-electron chi connectivity index (χ2n) is 4.48. The quantitative estimate of drug-likeness (QED) is 0.793. The first kappa shape index (κ1) is 10.6. The molecule has 1 N–H and O–H groups in total. The number of benzene rings is 1. The van der Waals surface area contributed by atoms with Gasteiger partial charge in [-0.05, 0) is 36.2 Å². The van der Waals surface area contributed by atoms with Crippen molar-refractivity contribution in [1.29, 1.82) is 5.41 Å². The van der Waals surface area contributed by atoms with Gasteiger partial charge in [0.05, 0.1) is 11.4 Å². The van der Waals surface area contributed by atoms with Crippen LogP contribution in [0, 0.1) is 5.41 Å². The van der Waals surface area contributed by atoms with Crippen molar-refractivity contribution in [3.05, 3.63) is 58.9 Å². The molecule has 2 heterocycles. The first-order chi connectivity index (χ1) is 8.24. The summed E-state index contributed by atoms with van der Waals surface area (Å²) in [6.07, 6.45) is 2.86. The van der Waals surface area contributed by atoms with Gasteiger partial charge in [-0.1, -0.05) is 23.7 Å². The predicted octanol–water partition coefficient (Wildman–Crippen LogP) is 3.70. The summed E-state index contributed by atoms with van der Waals surface area (Å²) < 4.78 is 2.16. The SMILES string of the molecule is N=C1CC(c2ccc(Cl)cc2)Cn2cccc21. The molecule has 2 aromatic rings. The molecule has 0 spiro atoms. The highest BCUT2D eigenvalue weighted by Crippen LogP contribution is 2.29. The number of nitrogens with one attached hydrogen (secondary N) is 1. The molecular formula is C14H13ClN2.